The molecule has 0 aromatic carbocycles. The van der Waals surface area contributed by atoms with Gasteiger partial charge in [-0.15, -0.1) is 12.4 Å². The number of hydrogen-bond donors (Lipinski definition) is 1. The molecule has 3 rings (SSSR count). The monoisotopic (exact) mass is 301 g/mol. The van der Waals surface area contributed by atoms with Crippen LogP contribution in [-0.2, 0) is 4.79 Å². The molecule has 1 unspecified atom stereocenters. The van der Waals surface area contributed by atoms with Crippen molar-refractivity contribution in [1.82, 2.24) is 15.1 Å². The van der Waals surface area contributed by atoms with E-state index in [1.165, 1.54) is 25.7 Å². The Bertz CT molecular complexity index is 336. The molecule has 20 heavy (non-hydrogen) atoms. The summed E-state index contributed by atoms with van der Waals surface area (Å²) in [7, 11) is 0. The maximum absolute atomic E-state index is 12.3. The highest BCUT2D eigenvalue weighted by molar-refractivity contribution is 5.85. The molecule has 0 aromatic heterocycles. The molecule has 3 fully saturated rings. The van der Waals surface area contributed by atoms with Crippen LogP contribution in [0.1, 0.15) is 32.6 Å². The number of amides is 1. The van der Waals surface area contributed by atoms with Gasteiger partial charge in [-0.2, -0.15) is 0 Å². The number of rotatable bonds is 2. The van der Waals surface area contributed by atoms with Crippen molar-refractivity contribution in [3.05, 3.63) is 0 Å². The molecule has 3 aliphatic heterocycles. The van der Waals surface area contributed by atoms with Crippen LogP contribution in [0.4, 0.5) is 0 Å². The smallest absolute Gasteiger partial charge is 0.236 e. The molecule has 4 nitrogen and oxygen atoms in total. The zero-order chi connectivity index (χ0) is 13.3. The zero-order valence-corrected chi connectivity index (χ0v) is 13.4. The minimum absolute atomic E-state index is 0. The van der Waals surface area contributed by atoms with Crippen molar-refractivity contribution >= 4 is 18.3 Å². The van der Waals surface area contributed by atoms with Gasteiger partial charge in [0.15, 0.2) is 0 Å². The summed E-state index contributed by atoms with van der Waals surface area (Å²) in [6.45, 7) is 9.43. The molecule has 116 valence electrons. The summed E-state index contributed by atoms with van der Waals surface area (Å²) in [5.41, 5.74) is 0.483. The summed E-state index contributed by atoms with van der Waals surface area (Å²) < 4.78 is 0. The van der Waals surface area contributed by atoms with Gasteiger partial charge in [-0.1, -0.05) is 6.92 Å². The van der Waals surface area contributed by atoms with Gasteiger partial charge in [-0.05, 0) is 50.1 Å². The Balaban J connectivity index is 0.00000147. The predicted molar refractivity (Wildman–Crippen MR) is 83.2 cm³/mol. The molecule has 3 aliphatic rings. The molecule has 1 atom stereocenters. The normalized spacial score (nSPS) is 31.8. The summed E-state index contributed by atoms with van der Waals surface area (Å²) in [6.07, 6.45) is 4.92. The summed E-state index contributed by atoms with van der Waals surface area (Å²) in [6, 6.07) is 0. The number of piperidine rings is 1. The number of carbonyl (C=O) groups is 1. The predicted octanol–water partition coefficient (Wildman–Crippen LogP) is 1.35. The highest BCUT2D eigenvalue weighted by atomic mass is 35.5. The minimum atomic E-state index is 0. The molecular formula is C15H28ClN3O. The minimum Gasteiger partial charge on any atom is -0.342 e. The van der Waals surface area contributed by atoms with Crippen LogP contribution in [0, 0.1) is 11.3 Å². The van der Waals surface area contributed by atoms with E-state index in [1.807, 2.05) is 0 Å². The number of halogens is 1. The van der Waals surface area contributed by atoms with Crippen molar-refractivity contribution < 1.29 is 4.79 Å². The number of carbonyl (C=O) groups excluding carboxylic acids is 1. The third-order valence-corrected chi connectivity index (χ3v) is 5.34. The van der Waals surface area contributed by atoms with Crippen molar-refractivity contribution in [2.75, 3.05) is 45.8 Å². The fourth-order valence-corrected chi connectivity index (χ4v) is 3.86. The lowest BCUT2D eigenvalue weighted by Gasteiger charge is -2.32. The van der Waals surface area contributed by atoms with Crippen molar-refractivity contribution in [3.63, 3.8) is 0 Å². The van der Waals surface area contributed by atoms with Gasteiger partial charge in [0.05, 0.1) is 6.54 Å². The first-order valence-corrected chi connectivity index (χ1v) is 7.88. The highest BCUT2D eigenvalue weighted by Crippen LogP contribution is 2.35. The molecule has 1 N–H and O–H groups in total. The third kappa shape index (κ3) is 3.46. The summed E-state index contributed by atoms with van der Waals surface area (Å²) >= 11 is 0. The molecule has 3 heterocycles. The van der Waals surface area contributed by atoms with Crippen LogP contribution in [0.5, 0.6) is 0 Å². The Kier molecular flexibility index (Phi) is 5.32. The second-order valence-electron chi connectivity index (χ2n) is 6.95. The Labute approximate surface area is 128 Å². The summed E-state index contributed by atoms with van der Waals surface area (Å²) in [4.78, 5) is 16.8. The van der Waals surface area contributed by atoms with Gasteiger partial charge in [-0.25, -0.2) is 0 Å². The fraction of sp³-hybridized carbons (Fsp3) is 0.933. The van der Waals surface area contributed by atoms with Crippen LogP contribution in [0.15, 0.2) is 0 Å². The van der Waals surface area contributed by atoms with E-state index in [9.17, 15) is 4.79 Å². The van der Waals surface area contributed by atoms with Crippen LogP contribution < -0.4 is 5.32 Å². The molecule has 1 amide bonds. The lowest BCUT2D eigenvalue weighted by atomic mass is 9.87. The highest BCUT2D eigenvalue weighted by Gasteiger charge is 2.40. The van der Waals surface area contributed by atoms with Gasteiger partial charge in [0.2, 0.25) is 5.91 Å². The van der Waals surface area contributed by atoms with Gasteiger partial charge >= 0.3 is 0 Å². The van der Waals surface area contributed by atoms with Gasteiger partial charge in [0.25, 0.3) is 0 Å². The second-order valence-corrected chi connectivity index (χ2v) is 6.95. The summed E-state index contributed by atoms with van der Waals surface area (Å²) in [5, 5.41) is 3.48. The number of likely N-dealkylation sites (tertiary alicyclic amines) is 2. The van der Waals surface area contributed by atoms with E-state index in [0.717, 1.165) is 45.2 Å². The molecule has 3 saturated heterocycles. The molecule has 1 spiro atoms. The Morgan fingerprint density at radius 2 is 2.00 bits per heavy atom. The van der Waals surface area contributed by atoms with Gasteiger partial charge in [-0.3, -0.25) is 9.69 Å². The van der Waals surface area contributed by atoms with E-state index in [4.69, 9.17) is 0 Å². The SMILES string of the molecule is CC1CCN(C(=O)CN2CCC3(CCNC3)C2)CC1.Cl. The molecule has 0 aromatic rings. The van der Waals surface area contributed by atoms with E-state index in [1.54, 1.807) is 0 Å². The molecule has 0 aliphatic carbocycles. The van der Waals surface area contributed by atoms with Gasteiger partial charge < -0.3 is 10.2 Å². The first-order valence-electron chi connectivity index (χ1n) is 7.88. The lowest BCUT2D eigenvalue weighted by molar-refractivity contribution is -0.133. The topological polar surface area (TPSA) is 35.6 Å². The van der Waals surface area contributed by atoms with Gasteiger partial charge in [0.1, 0.15) is 0 Å². The van der Waals surface area contributed by atoms with Crippen molar-refractivity contribution in [1.29, 1.82) is 0 Å². The Morgan fingerprint density at radius 1 is 1.25 bits per heavy atom. The molecule has 0 radical (unpaired) electrons. The van der Waals surface area contributed by atoms with E-state index in [2.05, 4.69) is 22.0 Å². The standard InChI is InChI=1S/C15H27N3O.ClH/c1-13-2-7-18(8-3-13)14(19)10-17-9-5-15(12-17)4-6-16-11-15;/h13,16H,2-12H2,1H3;1H. The van der Waals surface area contributed by atoms with Gasteiger partial charge in [0, 0.05) is 26.2 Å². The molecule has 0 saturated carbocycles. The summed E-state index contributed by atoms with van der Waals surface area (Å²) in [5.74, 6) is 1.15. The van der Waals surface area contributed by atoms with Crippen LogP contribution >= 0.6 is 12.4 Å². The first-order chi connectivity index (χ1) is 9.17. The van der Waals surface area contributed by atoms with E-state index < -0.39 is 0 Å². The maximum Gasteiger partial charge on any atom is 0.236 e. The second kappa shape index (κ2) is 6.63. The number of nitrogens with zero attached hydrogens (tertiary/aromatic N) is 2. The lowest BCUT2D eigenvalue weighted by Crippen LogP contribution is -2.44. The van der Waals surface area contributed by atoms with E-state index in [-0.39, 0.29) is 12.4 Å². The zero-order valence-electron chi connectivity index (χ0n) is 12.6. The average Bonchev–Trinajstić information content (AvgIpc) is 3.01. The quantitative estimate of drug-likeness (QED) is 0.836. The molecular weight excluding hydrogens is 274 g/mol. The first kappa shape index (κ1) is 16.1. The Morgan fingerprint density at radius 3 is 2.65 bits per heavy atom. The van der Waals surface area contributed by atoms with Crippen LogP contribution in [0.3, 0.4) is 0 Å². The van der Waals surface area contributed by atoms with Crippen molar-refractivity contribution in [2.24, 2.45) is 11.3 Å². The number of nitrogens with one attached hydrogen (secondary N) is 1. The Hall–Kier alpha value is -0.320. The average molecular weight is 302 g/mol. The van der Waals surface area contributed by atoms with E-state index in [0.29, 0.717) is 17.9 Å². The van der Waals surface area contributed by atoms with Crippen molar-refractivity contribution in [3.8, 4) is 0 Å². The molecule has 0 bridgehead atoms. The van der Waals surface area contributed by atoms with Crippen LogP contribution in [0.2, 0.25) is 0 Å². The van der Waals surface area contributed by atoms with Crippen molar-refractivity contribution in [2.45, 2.75) is 32.6 Å². The van der Waals surface area contributed by atoms with E-state index >= 15 is 0 Å². The maximum atomic E-state index is 12.3. The number of hydrogen-bond acceptors (Lipinski definition) is 3. The van der Waals surface area contributed by atoms with Crippen LogP contribution in [-0.4, -0.2) is 61.5 Å². The third-order valence-electron chi connectivity index (χ3n) is 5.34. The molecule has 5 heteroatoms. The fourth-order valence-electron chi connectivity index (χ4n) is 3.86. The largest absolute Gasteiger partial charge is 0.342 e. The van der Waals surface area contributed by atoms with Crippen LogP contribution in [0.25, 0.3) is 0 Å².